The van der Waals surface area contributed by atoms with E-state index in [1.807, 2.05) is 13.8 Å². The molecule has 0 bridgehead atoms. The summed E-state index contributed by atoms with van der Waals surface area (Å²) in [5, 5.41) is 0. The summed E-state index contributed by atoms with van der Waals surface area (Å²) in [5.41, 5.74) is 6.87. The molecule has 1 heterocycles. The van der Waals surface area contributed by atoms with Crippen LogP contribution in [0.5, 0.6) is 5.75 Å². The zero-order valence-electron chi connectivity index (χ0n) is 10.2. The smallest absolute Gasteiger partial charge is 0.167 e. The van der Waals surface area contributed by atoms with Gasteiger partial charge >= 0.3 is 0 Å². The predicted octanol–water partition coefficient (Wildman–Crippen LogP) is 2.66. The average molecular weight is 239 g/mol. The number of hydrogen-bond acceptors (Lipinski definition) is 3. The molecule has 2 N–H and O–H groups in total. The zero-order chi connectivity index (χ0) is 12.4. The number of aryl methyl sites for hydroxylation is 1. The molecule has 1 aromatic rings. The Morgan fingerprint density at radius 2 is 2.24 bits per heavy atom. The third-order valence-corrected chi connectivity index (χ3v) is 3.07. The Morgan fingerprint density at radius 3 is 2.88 bits per heavy atom. The van der Waals surface area contributed by atoms with E-state index < -0.39 is 5.82 Å². The Labute approximate surface area is 101 Å². The minimum atomic E-state index is -0.417. The van der Waals surface area contributed by atoms with Crippen LogP contribution in [0.3, 0.4) is 0 Å². The fraction of sp³-hybridized carbons (Fsp3) is 0.538. The summed E-state index contributed by atoms with van der Waals surface area (Å²) in [5.74, 6) is -0.168. The number of nitrogen functional groups attached to an aromatic ring is 1. The van der Waals surface area contributed by atoms with Crippen molar-refractivity contribution in [3.63, 3.8) is 0 Å². The Kier molecular flexibility index (Phi) is 3.52. The second kappa shape index (κ2) is 4.92. The van der Waals surface area contributed by atoms with E-state index in [-0.39, 0.29) is 18.0 Å². The van der Waals surface area contributed by atoms with E-state index >= 15 is 0 Å². The molecule has 3 nitrogen and oxygen atoms in total. The first-order valence-electron chi connectivity index (χ1n) is 5.90. The molecule has 2 rings (SSSR count). The van der Waals surface area contributed by atoms with Gasteiger partial charge in [0.05, 0.1) is 12.2 Å². The molecule has 2 unspecified atom stereocenters. The van der Waals surface area contributed by atoms with Crippen LogP contribution in [-0.4, -0.2) is 18.8 Å². The normalized spacial score (nSPS) is 23.9. The lowest BCUT2D eigenvalue weighted by atomic mass is 10.2. The number of halogens is 1. The molecule has 1 aliphatic heterocycles. The predicted molar refractivity (Wildman–Crippen MR) is 64.6 cm³/mol. The van der Waals surface area contributed by atoms with Crippen molar-refractivity contribution in [2.75, 3.05) is 12.3 Å². The van der Waals surface area contributed by atoms with Gasteiger partial charge in [0.25, 0.3) is 0 Å². The minimum absolute atomic E-state index is 0.0715. The van der Waals surface area contributed by atoms with Crippen molar-refractivity contribution in [2.24, 2.45) is 0 Å². The number of anilines is 1. The number of benzene rings is 1. The maximum atomic E-state index is 13.5. The lowest BCUT2D eigenvalue weighted by Crippen LogP contribution is -2.18. The molecule has 0 aliphatic carbocycles. The van der Waals surface area contributed by atoms with E-state index in [2.05, 4.69) is 0 Å². The van der Waals surface area contributed by atoms with Crippen molar-refractivity contribution in [1.82, 2.24) is 0 Å². The summed E-state index contributed by atoms with van der Waals surface area (Å²) >= 11 is 0. The molecule has 1 aliphatic rings. The molecule has 0 spiro atoms. The lowest BCUT2D eigenvalue weighted by molar-refractivity contribution is 0.0256. The van der Waals surface area contributed by atoms with Crippen molar-refractivity contribution >= 4 is 5.69 Å². The molecular formula is C13H18FNO2. The number of nitrogens with two attached hydrogens (primary N) is 1. The Bertz CT molecular complexity index is 409. The first kappa shape index (κ1) is 12.2. The van der Waals surface area contributed by atoms with Gasteiger partial charge in [0.15, 0.2) is 11.6 Å². The van der Waals surface area contributed by atoms with E-state index in [0.717, 1.165) is 18.4 Å². The van der Waals surface area contributed by atoms with Gasteiger partial charge in [-0.2, -0.15) is 0 Å². The van der Waals surface area contributed by atoms with Crippen molar-refractivity contribution in [2.45, 2.75) is 38.9 Å². The van der Waals surface area contributed by atoms with E-state index in [4.69, 9.17) is 15.2 Å². The molecule has 1 saturated heterocycles. The third-order valence-electron chi connectivity index (χ3n) is 3.07. The zero-order valence-corrected chi connectivity index (χ0v) is 10.2. The van der Waals surface area contributed by atoms with Crippen LogP contribution in [0.25, 0.3) is 0 Å². The van der Waals surface area contributed by atoms with Gasteiger partial charge < -0.3 is 15.2 Å². The fourth-order valence-electron chi connectivity index (χ4n) is 1.97. The van der Waals surface area contributed by atoms with Crippen molar-refractivity contribution in [3.05, 3.63) is 23.5 Å². The highest BCUT2D eigenvalue weighted by Gasteiger charge is 2.22. The molecule has 4 heteroatoms. The van der Waals surface area contributed by atoms with Crippen molar-refractivity contribution < 1.29 is 13.9 Å². The molecule has 94 valence electrons. The van der Waals surface area contributed by atoms with E-state index in [9.17, 15) is 4.39 Å². The van der Waals surface area contributed by atoms with E-state index in [1.54, 1.807) is 6.07 Å². The Morgan fingerprint density at radius 1 is 1.47 bits per heavy atom. The van der Waals surface area contributed by atoms with Crippen LogP contribution in [0.2, 0.25) is 0 Å². The van der Waals surface area contributed by atoms with Gasteiger partial charge in [0.1, 0.15) is 6.61 Å². The van der Waals surface area contributed by atoms with Gasteiger partial charge in [-0.25, -0.2) is 4.39 Å². The average Bonchev–Trinajstić information content (AvgIpc) is 2.68. The summed E-state index contributed by atoms with van der Waals surface area (Å²) in [6, 6.07) is 2.92. The first-order valence-corrected chi connectivity index (χ1v) is 5.90. The molecule has 2 atom stereocenters. The highest BCUT2D eigenvalue weighted by atomic mass is 19.1. The highest BCUT2D eigenvalue weighted by molar-refractivity contribution is 5.50. The SMILES string of the molecule is Cc1cc(OCC2CCC(C)O2)c(F)cc1N. The van der Waals surface area contributed by atoms with Gasteiger partial charge in [-0.3, -0.25) is 0 Å². The van der Waals surface area contributed by atoms with Gasteiger partial charge in [0.2, 0.25) is 0 Å². The summed E-state index contributed by atoms with van der Waals surface area (Å²) in [7, 11) is 0. The van der Waals surface area contributed by atoms with Crippen LogP contribution in [0.4, 0.5) is 10.1 Å². The summed E-state index contributed by atoms with van der Waals surface area (Å²) < 4.78 is 24.6. The second-order valence-corrected chi connectivity index (χ2v) is 4.60. The van der Waals surface area contributed by atoms with E-state index in [1.165, 1.54) is 6.07 Å². The molecule has 0 radical (unpaired) electrons. The Hall–Kier alpha value is -1.29. The minimum Gasteiger partial charge on any atom is -0.488 e. The molecule has 0 amide bonds. The standard InChI is InChI=1S/C13H18FNO2/c1-8-5-13(11(14)6-12(8)15)16-7-10-4-3-9(2)17-10/h5-6,9-10H,3-4,7,15H2,1-2H3. The number of rotatable bonds is 3. The molecular weight excluding hydrogens is 221 g/mol. The van der Waals surface area contributed by atoms with Crippen LogP contribution in [0, 0.1) is 12.7 Å². The third kappa shape index (κ3) is 2.88. The van der Waals surface area contributed by atoms with Gasteiger partial charge in [0, 0.05) is 11.8 Å². The summed E-state index contributed by atoms with van der Waals surface area (Å²) in [6.07, 6.45) is 2.36. The number of hydrogen-bond donors (Lipinski definition) is 1. The van der Waals surface area contributed by atoms with Crippen molar-refractivity contribution in [3.8, 4) is 5.75 Å². The topological polar surface area (TPSA) is 44.5 Å². The lowest BCUT2D eigenvalue weighted by Gasteiger charge is -2.14. The molecule has 0 aromatic heterocycles. The van der Waals surface area contributed by atoms with Crippen LogP contribution in [0.1, 0.15) is 25.3 Å². The maximum absolute atomic E-state index is 13.5. The van der Waals surface area contributed by atoms with Gasteiger partial charge in [-0.1, -0.05) is 0 Å². The quantitative estimate of drug-likeness (QED) is 0.825. The van der Waals surface area contributed by atoms with Crippen LogP contribution in [0.15, 0.2) is 12.1 Å². The Balaban J connectivity index is 1.97. The van der Waals surface area contributed by atoms with Gasteiger partial charge in [-0.15, -0.1) is 0 Å². The van der Waals surface area contributed by atoms with E-state index in [0.29, 0.717) is 12.3 Å². The van der Waals surface area contributed by atoms with Crippen LogP contribution >= 0.6 is 0 Å². The number of ether oxygens (including phenoxy) is 2. The monoisotopic (exact) mass is 239 g/mol. The van der Waals surface area contributed by atoms with Gasteiger partial charge in [-0.05, 0) is 38.3 Å². The largest absolute Gasteiger partial charge is 0.488 e. The van der Waals surface area contributed by atoms with Crippen molar-refractivity contribution in [1.29, 1.82) is 0 Å². The molecule has 0 saturated carbocycles. The van der Waals surface area contributed by atoms with Crippen LogP contribution in [-0.2, 0) is 4.74 Å². The highest BCUT2D eigenvalue weighted by Crippen LogP contribution is 2.25. The molecule has 17 heavy (non-hydrogen) atoms. The summed E-state index contributed by atoms with van der Waals surface area (Å²) in [6.45, 7) is 4.26. The molecule has 1 aromatic carbocycles. The maximum Gasteiger partial charge on any atom is 0.167 e. The first-order chi connectivity index (χ1) is 8.06. The fourth-order valence-corrected chi connectivity index (χ4v) is 1.97. The second-order valence-electron chi connectivity index (χ2n) is 4.60. The summed E-state index contributed by atoms with van der Waals surface area (Å²) in [4.78, 5) is 0. The van der Waals surface area contributed by atoms with Crippen LogP contribution < -0.4 is 10.5 Å². The molecule has 1 fully saturated rings.